The van der Waals surface area contributed by atoms with E-state index < -0.39 is 33.5 Å². The van der Waals surface area contributed by atoms with Crippen molar-refractivity contribution in [2.24, 2.45) is 0 Å². The molecule has 0 spiro atoms. The lowest BCUT2D eigenvalue weighted by Gasteiger charge is -2.33. The highest BCUT2D eigenvalue weighted by Gasteiger charge is 2.44. The Labute approximate surface area is 199 Å². The number of amides is 1. The van der Waals surface area contributed by atoms with Gasteiger partial charge in [-0.3, -0.25) is 10.0 Å². The summed E-state index contributed by atoms with van der Waals surface area (Å²) in [4.78, 5) is 12.3. The fraction of sp³-hybridized carbons (Fsp3) is 0.435. The molecule has 188 valence electrons. The molecule has 2 aromatic rings. The van der Waals surface area contributed by atoms with E-state index in [1.54, 1.807) is 35.8 Å². The molecule has 0 aromatic heterocycles. The molecule has 1 fully saturated rings. The Bertz CT molecular complexity index is 936. The molecule has 0 aliphatic carbocycles. The number of hydrogen-bond donors (Lipinski definition) is 2. The number of carbonyl (C=O) groups is 1. The minimum Gasteiger partial charge on any atom is -0.490 e. The second-order valence-corrected chi connectivity index (χ2v) is 8.85. The van der Waals surface area contributed by atoms with Gasteiger partial charge < -0.3 is 4.74 Å². The minimum absolute atomic E-state index is 0.249. The molecular formula is C23H29F3N2O5S. The molecule has 0 radical (unpaired) electrons. The van der Waals surface area contributed by atoms with E-state index in [0.717, 1.165) is 12.1 Å². The van der Waals surface area contributed by atoms with Crippen LogP contribution < -0.4 is 10.2 Å². The predicted molar refractivity (Wildman–Crippen MR) is 121 cm³/mol. The molecule has 0 saturated carbocycles. The number of rotatable bonds is 7. The van der Waals surface area contributed by atoms with Crippen LogP contribution in [-0.2, 0) is 31.1 Å². The lowest BCUT2D eigenvalue weighted by atomic mass is 10.00. The van der Waals surface area contributed by atoms with E-state index in [0.29, 0.717) is 37.2 Å². The summed E-state index contributed by atoms with van der Waals surface area (Å²) in [6.45, 7) is 6.08. The fourth-order valence-electron chi connectivity index (χ4n) is 3.28. The maximum atomic E-state index is 13.0. The van der Waals surface area contributed by atoms with Gasteiger partial charge in [-0.15, -0.1) is 0 Å². The lowest BCUT2D eigenvalue weighted by molar-refractivity contribution is -0.137. The number of hydrogen-bond acceptors (Lipinski definition) is 6. The highest BCUT2D eigenvalue weighted by atomic mass is 32.2. The van der Waals surface area contributed by atoms with E-state index in [1.807, 2.05) is 13.8 Å². The zero-order valence-corrected chi connectivity index (χ0v) is 20.0. The van der Waals surface area contributed by atoms with E-state index in [4.69, 9.17) is 14.2 Å². The van der Waals surface area contributed by atoms with Gasteiger partial charge in [-0.1, -0.05) is 44.2 Å². The molecule has 7 nitrogen and oxygen atoms in total. The molecule has 2 unspecified atom stereocenters. The molecule has 2 atom stereocenters. The Hall–Kier alpha value is -2.47. The molecule has 1 saturated heterocycles. The number of ether oxygens (including phenoxy) is 1. The average molecular weight is 503 g/mol. The van der Waals surface area contributed by atoms with Gasteiger partial charge in [0.05, 0.1) is 5.56 Å². The third kappa shape index (κ3) is 6.78. The number of carbonyl (C=O) groups excluding carboxylic acids is 1. The molecule has 0 bridgehead atoms. The van der Waals surface area contributed by atoms with Crippen LogP contribution in [0.15, 0.2) is 54.6 Å². The highest BCUT2D eigenvalue weighted by Crippen LogP contribution is 2.32. The Morgan fingerprint density at radius 2 is 1.59 bits per heavy atom. The number of halogens is 3. The van der Waals surface area contributed by atoms with Crippen LogP contribution in [0.3, 0.4) is 0 Å². The first kappa shape index (κ1) is 27.8. The van der Waals surface area contributed by atoms with Crippen molar-refractivity contribution in [1.82, 2.24) is 10.5 Å². The Morgan fingerprint density at radius 3 is 2.09 bits per heavy atom. The van der Waals surface area contributed by atoms with Crippen molar-refractivity contribution in [3.63, 3.8) is 0 Å². The summed E-state index contributed by atoms with van der Waals surface area (Å²) in [5, 5.41) is 10.6. The minimum atomic E-state index is -4.40. The third-order valence-electron chi connectivity index (χ3n) is 5.25. The molecule has 2 aromatic carbocycles. The second kappa shape index (κ2) is 12.3. The molecule has 34 heavy (non-hydrogen) atoms. The van der Waals surface area contributed by atoms with Gasteiger partial charge in [0.2, 0.25) is 0 Å². The second-order valence-electron chi connectivity index (χ2n) is 7.42. The number of piperidine rings is 1. The molecule has 1 heterocycles. The zero-order valence-electron chi connectivity index (χ0n) is 19.2. The smallest absolute Gasteiger partial charge is 0.416 e. The summed E-state index contributed by atoms with van der Waals surface area (Å²) in [6, 6.07) is 12.8. The number of nitrogens with one attached hydrogen (secondary N) is 1. The van der Waals surface area contributed by atoms with Gasteiger partial charge in [0, 0.05) is 13.1 Å². The summed E-state index contributed by atoms with van der Waals surface area (Å²) in [5.41, 5.74) is 1.21. The molecular weight excluding hydrogens is 473 g/mol. The van der Waals surface area contributed by atoms with Crippen LogP contribution in [0.5, 0.6) is 5.75 Å². The predicted octanol–water partition coefficient (Wildman–Crippen LogP) is 4.59. The molecule has 3 rings (SSSR count). The largest absolute Gasteiger partial charge is 0.490 e. The summed E-state index contributed by atoms with van der Waals surface area (Å²) in [5.74, 6) is -0.542. The van der Waals surface area contributed by atoms with E-state index in [9.17, 15) is 22.2 Å². The molecule has 11 heteroatoms. The van der Waals surface area contributed by atoms with E-state index >= 15 is 0 Å². The maximum absolute atomic E-state index is 13.0. The quantitative estimate of drug-likeness (QED) is 0.425. The van der Waals surface area contributed by atoms with Crippen LogP contribution >= 0.6 is 0 Å². The van der Waals surface area contributed by atoms with Gasteiger partial charge in [-0.2, -0.15) is 22.5 Å². The Kier molecular flexibility index (Phi) is 10.0. The lowest BCUT2D eigenvalue weighted by Crippen LogP contribution is -2.47. The van der Waals surface area contributed by atoms with Gasteiger partial charge in [0.15, 0.2) is 15.8 Å². The first-order valence-electron chi connectivity index (χ1n) is 10.8. The number of alkyl halides is 3. The van der Waals surface area contributed by atoms with E-state index in [-0.39, 0.29) is 6.10 Å². The van der Waals surface area contributed by atoms with Crippen LogP contribution in [-0.4, -0.2) is 39.6 Å². The van der Waals surface area contributed by atoms with Crippen molar-refractivity contribution in [3.05, 3.63) is 65.7 Å². The SMILES string of the molecule is CC.CC(C(=O)NO)(c1ccccc1)S(=O)ON1CCC(Oc2ccc(C(F)(F)F)cc2)CC1. The van der Waals surface area contributed by atoms with E-state index in [1.165, 1.54) is 24.1 Å². The van der Waals surface area contributed by atoms with Crippen LogP contribution in [0, 0.1) is 0 Å². The topological polar surface area (TPSA) is 88.1 Å². The normalized spacial score (nSPS) is 17.6. The monoisotopic (exact) mass is 502 g/mol. The highest BCUT2D eigenvalue weighted by molar-refractivity contribution is 7.82. The number of hydroxylamine groups is 3. The van der Waals surface area contributed by atoms with Crippen molar-refractivity contribution < 1.29 is 36.4 Å². The van der Waals surface area contributed by atoms with Gasteiger partial charge in [-0.25, -0.2) is 9.69 Å². The third-order valence-corrected chi connectivity index (χ3v) is 6.69. The van der Waals surface area contributed by atoms with Crippen LogP contribution in [0.25, 0.3) is 0 Å². The zero-order chi connectivity index (χ0) is 25.4. The summed E-state index contributed by atoms with van der Waals surface area (Å²) >= 11 is -2.16. The van der Waals surface area contributed by atoms with Crippen molar-refractivity contribution in [3.8, 4) is 5.75 Å². The summed E-state index contributed by atoms with van der Waals surface area (Å²) in [6.07, 6.45) is -3.70. The summed E-state index contributed by atoms with van der Waals surface area (Å²) in [7, 11) is 0. The first-order chi connectivity index (χ1) is 16.1. The van der Waals surface area contributed by atoms with Crippen molar-refractivity contribution in [1.29, 1.82) is 0 Å². The molecule has 2 N–H and O–H groups in total. The summed E-state index contributed by atoms with van der Waals surface area (Å²) < 4.78 is 60.6. The van der Waals surface area contributed by atoms with Crippen molar-refractivity contribution >= 4 is 17.0 Å². The average Bonchev–Trinajstić information content (AvgIpc) is 2.85. The van der Waals surface area contributed by atoms with Gasteiger partial charge in [0.1, 0.15) is 11.9 Å². The Balaban J connectivity index is 0.00000199. The fourth-order valence-corrected chi connectivity index (χ4v) is 4.29. The number of nitrogens with zero attached hydrogens (tertiary/aromatic N) is 1. The van der Waals surface area contributed by atoms with Crippen molar-refractivity contribution in [2.45, 2.75) is 50.6 Å². The van der Waals surface area contributed by atoms with Crippen LogP contribution in [0.2, 0.25) is 0 Å². The maximum Gasteiger partial charge on any atom is 0.416 e. The molecule has 1 amide bonds. The van der Waals surface area contributed by atoms with Gasteiger partial charge >= 0.3 is 6.18 Å². The standard InChI is InChI=1S/C21H23F3N2O5S.C2H6/c1-20(19(27)25-28,15-5-3-2-4-6-15)32(29)31-26-13-11-18(12-14-26)30-17-9-7-16(8-10-17)21(22,23)24;1-2/h2-10,18,28H,11-14H2,1H3,(H,25,27);1-2H3. The van der Waals surface area contributed by atoms with Crippen LogP contribution in [0.1, 0.15) is 44.7 Å². The Morgan fingerprint density at radius 1 is 1.03 bits per heavy atom. The number of benzene rings is 2. The van der Waals surface area contributed by atoms with Crippen LogP contribution in [0.4, 0.5) is 13.2 Å². The van der Waals surface area contributed by atoms with Gasteiger partial charge in [0.25, 0.3) is 5.91 Å². The molecule has 1 aliphatic heterocycles. The van der Waals surface area contributed by atoms with E-state index in [2.05, 4.69) is 0 Å². The van der Waals surface area contributed by atoms with Gasteiger partial charge in [-0.05, 0) is 49.6 Å². The molecule has 1 aliphatic rings. The van der Waals surface area contributed by atoms with Crippen molar-refractivity contribution in [2.75, 3.05) is 13.1 Å². The first-order valence-corrected chi connectivity index (χ1v) is 11.9.